The van der Waals surface area contributed by atoms with E-state index in [0.29, 0.717) is 0 Å². The average molecular weight is 265 g/mol. The number of rotatable bonds is 3. The van der Waals surface area contributed by atoms with Crippen molar-refractivity contribution >= 4 is 10.8 Å². The Balaban J connectivity index is 2.02. The fourth-order valence-electron chi connectivity index (χ4n) is 2.58. The highest BCUT2D eigenvalue weighted by Gasteiger charge is 2.14. The minimum Gasteiger partial charge on any atom is -0.319 e. The van der Waals surface area contributed by atoms with E-state index in [4.69, 9.17) is 5.73 Å². The quantitative estimate of drug-likeness (QED) is 0.790. The maximum Gasteiger partial charge on any atom is 0.0723 e. The van der Waals surface area contributed by atoms with Crippen LogP contribution < -0.4 is 5.73 Å². The van der Waals surface area contributed by atoms with Gasteiger partial charge in [-0.05, 0) is 34.9 Å². The largest absolute Gasteiger partial charge is 0.319 e. The van der Waals surface area contributed by atoms with Gasteiger partial charge in [0, 0.05) is 7.05 Å². The van der Waals surface area contributed by atoms with Gasteiger partial charge in [0.05, 0.1) is 17.4 Å². The molecule has 0 radical (unpaired) electrons. The lowest BCUT2D eigenvalue weighted by atomic mass is 10.00. The van der Waals surface area contributed by atoms with E-state index in [-0.39, 0.29) is 6.04 Å². The SMILES string of the molecule is CCc1cc(C(N)c2ccc3ccccc3c2)n(C)n1. The number of benzene rings is 2. The monoisotopic (exact) mass is 265 g/mol. The van der Waals surface area contributed by atoms with E-state index < -0.39 is 0 Å². The number of aryl methyl sites for hydroxylation is 2. The molecule has 1 atom stereocenters. The highest BCUT2D eigenvalue weighted by molar-refractivity contribution is 5.83. The molecule has 3 rings (SSSR count). The highest BCUT2D eigenvalue weighted by atomic mass is 15.3. The molecule has 0 amide bonds. The molecular weight excluding hydrogens is 246 g/mol. The van der Waals surface area contributed by atoms with E-state index >= 15 is 0 Å². The van der Waals surface area contributed by atoms with Crippen molar-refractivity contribution in [1.82, 2.24) is 9.78 Å². The first-order valence-electron chi connectivity index (χ1n) is 6.96. The van der Waals surface area contributed by atoms with Crippen LogP contribution >= 0.6 is 0 Å². The molecule has 20 heavy (non-hydrogen) atoms. The van der Waals surface area contributed by atoms with Gasteiger partial charge in [-0.2, -0.15) is 5.10 Å². The van der Waals surface area contributed by atoms with Crippen LogP contribution in [-0.4, -0.2) is 9.78 Å². The Bertz CT molecular complexity index is 743. The van der Waals surface area contributed by atoms with Gasteiger partial charge in [-0.3, -0.25) is 4.68 Å². The standard InChI is InChI=1S/C17H19N3/c1-3-15-11-16(20(2)19-15)17(18)14-9-8-12-6-4-5-7-13(12)10-14/h4-11,17H,3,18H2,1-2H3. The zero-order valence-corrected chi connectivity index (χ0v) is 11.9. The smallest absolute Gasteiger partial charge is 0.0723 e. The highest BCUT2D eigenvalue weighted by Crippen LogP contribution is 2.24. The lowest BCUT2D eigenvalue weighted by molar-refractivity contribution is 0.666. The lowest BCUT2D eigenvalue weighted by Crippen LogP contribution is -2.15. The first kappa shape index (κ1) is 12.9. The molecule has 0 fully saturated rings. The van der Waals surface area contributed by atoms with Crippen LogP contribution in [0.2, 0.25) is 0 Å². The van der Waals surface area contributed by atoms with Crippen LogP contribution in [0.25, 0.3) is 10.8 Å². The number of nitrogens with two attached hydrogens (primary N) is 1. The van der Waals surface area contributed by atoms with Gasteiger partial charge in [-0.15, -0.1) is 0 Å². The molecule has 1 unspecified atom stereocenters. The molecule has 3 nitrogen and oxygen atoms in total. The molecule has 0 spiro atoms. The van der Waals surface area contributed by atoms with Crippen molar-refractivity contribution < 1.29 is 0 Å². The van der Waals surface area contributed by atoms with Gasteiger partial charge in [-0.1, -0.05) is 43.3 Å². The summed E-state index contributed by atoms with van der Waals surface area (Å²) in [7, 11) is 1.95. The second kappa shape index (κ2) is 5.10. The Morgan fingerprint density at radius 3 is 2.55 bits per heavy atom. The third-order valence-corrected chi connectivity index (χ3v) is 3.78. The normalized spacial score (nSPS) is 12.8. The third-order valence-electron chi connectivity index (χ3n) is 3.78. The van der Waals surface area contributed by atoms with Crippen molar-refractivity contribution in [3.05, 3.63) is 65.5 Å². The summed E-state index contributed by atoms with van der Waals surface area (Å²) in [5, 5.41) is 6.93. The molecule has 3 aromatic rings. The van der Waals surface area contributed by atoms with Gasteiger partial charge in [0.1, 0.15) is 0 Å². The number of hydrogen-bond acceptors (Lipinski definition) is 2. The van der Waals surface area contributed by atoms with E-state index in [1.54, 1.807) is 0 Å². The van der Waals surface area contributed by atoms with Gasteiger partial charge in [0.15, 0.2) is 0 Å². The molecular formula is C17H19N3. The Morgan fingerprint density at radius 1 is 1.10 bits per heavy atom. The minimum absolute atomic E-state index is 0.141. The summed E-state index contributed by atoms with van der Waals surface area (Å²) in [4.78, 5) is 0. The van der Waals surface area contributed by atoms with E-state index in [9.17, 15) is 0 Å². The Morgan fingerprint density at radius 2 is 1.85 bits per heavy atom. The summed E-state index contributed by atoms with van der Waals surface area (Å²) in [5.74, 6) is 0. The van der Waals surface area contributed by atoms with Gasteiger partial charge < -0.3 is 5.73 Å². The van der Waals surface area contributed by atoms with Crippen LogP contribution in [0.15, 0.2) is 48.5 Å². The Hall–Kier alpha value is -2.13. The first-order chi connectivity index (χ1) is 9.69. The molecule has 0 aliphatic heterocycles. The molecule has 0 aliphatic carbocycles. The first-order valence-corrected chi connectivity index (χ1v) is 6.96. The fourth-order valence-corrected chi connectivity index (χ4v) is 2.58. The van der Waals surface area contributed by atoms with Gasteiger partial charge in [0.25, 0.3) is 0 Å². The molecule has 1 aromatic heterocycles. The summed E-state index contributed by atoms with van der Waals surface area (Å²) >= 11 is 0. The summed E-state index contributed by atoms with van der Waals surface area (Å²) < 4.78 is 1.89. The van der Waals surface area contributed by atoms with Crippen LogP contribution in [0, 0.1) is 0 Å². The average Bonchev–Trinajstić information content (AvgIpc) is 2.87. The van der Waals surface area contributed by atoms with Crippen molar-refractivity contribution in [3.63, 3.8) is 0 Å². The van der Waals surface area contributed by atoms with Crippen LogP contribution in [0.3, 0.4) is 0 Å². The second-order valence-corrected chi connectivity index (χ2v) is 5.12. The fraction of sp³-hybridized carbons (Fsp3) is 0.235. The van der Waals surface area contributed by atoms with Crippen LogP contribution in [0.4, 0.5) is 0 Å². The Labute approximate surface area is 119 Å². The van der Waals surface area contributed by atoms with E-state index in [2.05, 4.69) is 60.6 Å². The van der Waals surface area contributed by atoms with Crippen LogP contribution in [-0.2, 0) is 13.5 Å². The minimum atomic E-state index is -0.141. The summed E-state index contributed by atoms with van der Waals surface area (Å²) in [6.07, 6.45) is 0.929. The molecule has 1 heterocycles. The van der Waals surface area contributed by atoms with E-state index in [1.807, 2.05) is 11.7 Å². The second-order valence-electron chi connectivity index (χ2n) is 5.12. The zero-order valence-electron chi connectivity index (χ0n) is 11.9. The molecule has 102 valence electrons. The molecule has 0 saturated carbocycles. The Kier molecular flexibility index (Phi) is 3.28. The predicted molar refractivity (Wildman–Crippen MR) is 82.6 cm³/mol. The summed E-state index contributed by atoms with van der Waals surface area (Å²) in [6, 6.07) is 16.7. The van der Waals surface area contributed by atoms with Crippen molar-refractivity contribution in [2.75, 3.05) is 0 Å². The maximum absolute atomic E-state index is 6.42. The molecule has 2 N–H and O–H groups in total. The van der Waals surface area contributed by atoms with Crippen molar-refractivity contribution in [1.29, 1.82) is 0 Å². The zero-order chi connectivity index (χ0) is 14.1. The third kappa shape index (κ3) is 2.21. The molecule has 0 saturated heterocycles. The maximum atomic E-state index is 6.42. The van der Waals surface area contributed by atoms with Crippen molar-refractivity contribution in [3.8, 4) is 0 Å². The van der Waals surface area contributed by atoms with Gasteiger partial charge in [0.2, 0.25) is 0 Å². The van der Waals surface area contributed by atoms with Crippen LogP contribution in [0.1, 0.15) is 29.9 Å². The number of fused-ring (bicyclic) bond motifs is 1. The number of hydrogen-bond donors (Lipinski definition) is 1. The molecule has 0 aliphatic rings. The van der Waals surface area contributed by atoms with Gasteiger partial charge in [-0.25, -0.2) is 0 Å². The van der Waals surface area contributed by atoms with Gasteiger partial charge >= 0.3 is 0 Å². The van der Waals surface area contributed by atoms with Crippen molar-refractivity contribution in [2.45, 2.75) is 19.4 Å². The summed E-state index contributed by atoms with van der Waals surface area (Å²) in [6.45, 7) is 2.10. The predicted octanol–water partition coefficient (Wildman–Crippen LogP) is 3.18. The van der Waals surface area contributed by atoms with Crippen molar-refractivity contribution in [2.24, 2.45) is 12.8 Å². The van der Waals surface area contributed by atoms with E-state index in [1.165, 1.54) is 10.8 Å². The van der Waals surface area contributed by atoms with Crippen LogP contribution in [0.5, 0.6) is 0 Å². The summed E-state index contributed by atoms with van der Waals surface area (Å²) in [5.41, 5.74) is 9.67. The lowest BCUT2D eigenvalue weighted by Gasteiger charge is -2.13. The molecule has 2 aromatic carbocycles. The number of aromatic nitrogens is 2. The molecule has 0 bridgehead atoms. The van der Waals surface area contributed by atoms with E-state index in [0.717, 1.165) is 23.4 Å². The molecule has 3 heteroatoms. The topological polar surface area (TPSA) is 43.8 Å². The number of nitrogens with zero attached hydrogens (tertiary/aromatic N) is 2.